The number of nitrogens with one attached hydrogen (secondary N) is 1. The van der Waals surface area contributed by atoms with E-state index in [1.165, 1.54) is 0 Å². The molecule has 0 spiro atoms. The van der Waals surface area contributed by atoms with Crippen LogP contribution in [0.25, 0.3) is 0 Å². The largest absolute Gasteiger partial charge is 0.366 e. The average Bonchev–Trinajstić information content (AvgIpc) is 2.45. The van der Waals surface area contributed by atoms with Gasteiger partial charge in [0.25, 0.3) is 0 Å². The molecular weight excluding hydrogens is 302 g/mol. The molecule has 0 aliphatic carbocycles. The molecule has 19 heavy (non-hydrogen) atoms. The first-order chi connectivity index (χ1) is 9.22. The van der Waals surface area contributed by atoms with E-state index in [1.54, 1.807) is 18.2 Å². The van der Waals surface area contributed by atoms with Crippen molar-refractivity contribution in [3.63, 3.8) is 0 Å². The third-order valence-electron chi connectivity index (χ3n) is 2.61. The molecule has 0 aliphatic heterocycles. The van der Waals surface area contributed by atoms with Crippen molar-refractivity contribution >= 4 is 21.6 Å². The minimum Gasteiger partial charge on any atom is -0.366 e. The first kappa shape index (κ1) is 13.1. The van der Waals surface area contributed by atoms with Gasteiger partial charge in [-0.1, -0.05) is 34.1 Å². The third-order valence-corrected chi connectivity index (χ3v) is 3.11. The maximum absolute atomic E-state index is 9.27. The van der Waals surface area contributed by atoms with E-state index >= 15 is 0 Å². The Bertz CT molecular complexity index is 668. The van der Waals surface area contributed by atoms with Crippen LogP contribution in [0.3, 0.4) is 0 Å². The van der Waals surface area contributed by atoms with Crippen LogP contribution in [-0.2, 0) is 0 Å². The summed E-state index contributed by atoms with van der Waals surface area (Å²) in [5.74, 6) is 0. The molecule has 4 heteroatoms. The molecule has 2 aromatic rings. The number of anilines is 1. The monoisotopic (exact) mass is 311 g/mol. The molecule has 3 nitrogen and oxygen atoms in total. The molecule has 0 radical (unpaired) electrons. The van der Waals surface area contributed by atoms with E-state index in [0.29, 0.717) is 5.56 Å². The minimum absolute atomic E-state index is 0.484. The summed E-state index contributed by atoms with van der Waals surface area (Å²) in [7, 11) is 0. The zero-order chi connectivity index (χ0) is 13.7. The van der Waals surface area contributed by atoms with Gasteiger partial charge in [-0.15, -0.1) is 0 Å². The molecule has 1 N–H and O–H groups in total. The Balaban J connectivity index is 2.26. The SMILES string of the molecule is N#Cc1cccc(C(C#N)Nc2cccc(Br)c2)c1. The summed E-state index contributed by atoms with van der Waals surface area (Å²) < 4.78 is 0.944. The number of halogens is 1. The van der Waals surface area contributed by atoms with Gasteiger partial charge < -0.3 is 5.32 Å². The van der Waals surface area contributed by atoms with Gasteiger partial charge >= 0.3 is 0 Å². The van der Waals surface area contributed by atoms with E-state index in [9.17, 15) is 5.26 Å². The molecule has 2 aromatic carbocycles. The van der Waals surface area contributed by atoms with Gasteiger partial charge in [0, 0.05) is 10.2 Å². The number of benzene rings is 2. The maximum atomic E-state index is 9.27. The molecule has 0 bridgehead atoms. The van der Waals surface area contributed by atoms with E-state index in [0.717, 1.165) is 15.7 Å². The molecule has 0 aliphatic rings. The number of hydrogen-bond acceptors (Lipinski definition) is 3. The highest BCUT2D eigenvalue weighted by Crippen LogP contribution is 2.22. The van der Waals surface area contributed by atoms with Crippen LogP contribution in [0, 0.1) is 22.7 Å². The Morgan fingerprint density at radius 3 is 2.53 bits per heavy atom. The summed E-state index contributed by atoms with van der Waals surface area (Å²) in [6.45, 7) is 0. The second-order valence-corrected chi connectivity index (χ2v) is 4.87. The predicted octanol–water partition coefficient (Wildman–Crippen LogP) is 4.00. The van der Waals surface area contributed by atoms with Gasteiger partial charge in [0.1, 0.15) is 6.04 Å². The summed E-state index contributed by atoms with van der Waals surface area (Å²) in [6.07, 6.45) is 0. The molecular formula is C15H10BrN3. The molecule has 0 amide bonds. The molecule has 0 saturated carbocycles. The van der Waals surface area contributed by atoms with Gasteiger partial charge in [-0.3, -0.25) is 0 Å². The van der Waals surface area contributed by atoms with Gasteiger partial charge in [0.15, 0.2) is 0 Å². The predicted molar refractivity (Wildman–Crippen MR) is 77.3 cm³/mol. The highest BCUT2D eigenvalue weighted by molar-refractivity contribution is 9.10. The van der Waals surface area contributed by atoms with E-state index in [-0.39, 0.29) is 0 Å². The van der Waals surface area contributed by atoms with Crippen LogP contribution in [0.1, 0.15) is 17.2 Å². The second kappa shape index (κ2) is 6.04. The van der Waals surface area contributed by atoms with Gasteiger partial charge in [-0.05, 0) is 35.9 Å². The fourth-order valence-electron chi connectivity index (χ4n) is 1.72. The normalized spacial score (nSPS) is 11.1. The smallest absolute Gasteiger partial charge is 0.140 e. The Morgan fingerprint density at radius 2 is 1.84 bits per heavy atom. The van der Waals surface area contributed by atoms with Crippen LogP contribution in [0.5, 0.6) is 0 Å². The highest BCUT2D eigenvalue weighted by atomic mass is 79.9. The standard InChI is InChI=1S/C15H10BrN3/c16-13-5-2-6-14(8-13)19-15(10-18)12-4-1-3-11(7-12)9-17/h1-8,15,19H. The first-order valence-corrected chi connectivity index (χ1v) is 6.44. The van der Waals surface area contributed by atoms with Gasteiger partial charge in [-0.25, -0.2) is 0 Å². The lowest BCUT2D eigenvalue weighted by Gasteiger charge is -2.13. The number of nitrogens with zero attached hydrogens (tertiary/aromatic N) is 2. The molecule has 0 saturated heterocycles. The number of hydrogen-bond donors (Lipinski definition) is 1. The van der Waals surface area contributed by atoms with E-state index in [1.807, 2.05) is 30.3 Å². The van der Waals surface area contributed by atoms with Crippen molar-refractivity contribution in [2.45, 2.75) is 6.04 Å². The van der Waals surface area contributed by atoms with E-state index in [2.05, 4.69) is 33.4 Å². The maximum Gasteiger partial charge on any atom is 0.140 e. The van der Waals surface area contributed by atoms with Crippen molar-refractivity contribution in [1.29, 1.82) is 10.5 Å². The fraction of sp³-hybridized carbons (Fsp3) is 0.0667. The topological polar surface area (TPSA) is 59.6 Å². The number of rotatable bonds is 3. The van der Waals surface area contributed by atoms with Crippen LogP contribution in [-0.4, -0.2) is 0 Å². The Hall–Kier alpha value is -2.30. The van der Waals surface area contributed by atoms with Crippen molar-refractivity contribution < 1.29 is 0 Å². The van der Waals surface area contributed by atoms with E-state index < -0.39 is 6.04 Å². The van der Waals surface area contributed by atoms with Crippen molar-refractivity contribution in [2.24, 2.45) is 0 Å². The zero-order valence-corrected chi connectivity index (χ0v) is 11.6. The van der Waals surface area contributed by atoms with Crippen molar-refractivity contribution in [2.75, 3.05) is 5.32 Å². The molecule has 92 valence electrons. The lowest BCUT2D eigenvalue weighted by molar-refractivity contribution is 0.996. The molecule has 0 heterocycles. The van der Waals surface area contributed by atoms with Crippen LogP contribution in [0.4, 0.5) is 5.69 Å². The van der Waals surface area contributed by atoms with Gasteiger partial charge in [-0.2, -0.15) is 10.5 Å². The van der Waals surface area contributed by atoms with Crippen molar-refractivity contribution in [1.82, 2.24) is 0 Å². The highest BCUT2D eigenvalue weighted by Gasteiger charge is 2.10. The van der Waals surface area contributed by atoms with Gasteiger partial charge in [0.2, 0.25) is 0 Å². The summed E-state index contributed by atoms with van der Waals surface area (Å²) in [5.41, 5.74) is 2.18. The summed E-state index contributed by atoms with van der Waals surface area (Å²) in [4.78, 5) is 0. The Morgan fingerprint density at radius 1 is 1.05 bits per heavy atom. The molecule has 2 rings (SSSR count). The van der Waals surface area contributed by atoms with Crippen LogP contribution in [0.2, 0.25) is 0 Å². The zero-order valence-electron chi connectivity index (χ0n) is 9.97. The number of nitriles is 2. The lowest BCUT2D eigenvalue weighted by atomic mass is 10.1. The fourth-order valence-corrected chi connectivity index (χ4v) is 2.12. The van der Waals surface area contributed by atoms with Crippen LogP contribution >= 0.6 is 15.9 Å². The minimum atomic E-state index is -0.484. The summed E-state index contributed by atoms with van der Waals surface area (Å²) >= 11 is 3.39. The first-order valence-electron chi connectivity index (χ1n) is 5.64. The molecule has 1 atom stereocenters. The Kier molecular flexibility index (Phi) is 4.18. The summed E-state index contributed by atoms with van der Waals surface area (Å²) in [5, 5.41) is 21.3. The summed E-state index contributed by atoms with van der Waals surface area (Å²) in [6, 6.07) is 18.5. The Labute approximate surface area is 120 Å². The van der Waals surface area contributed by atoms with Crippen LogP contribution < -0.4 is 5.32 Å². The average molecular weight is 312 g/mol. The van der Waals surface area contributed by atoms with Crippen LogP contribution in [0.15, 0.2) is 53.0 Å². The van der Waals surface area contributed by atoms with Crippen molar-refractivity contribution in [3.05, 3.63) is 64.1 Å². The molecule has 0 aromatic heterocycles. The molecule has 1 unspecified atom stereocenters. The van der Waals surface area contributed by atoms with Gasteiger partial charge in [0.05, 0.1) is 17.7 Å². The lowest BCUT2D eigenvalue weighted by Crippen LogP contribution is -2.08. The van der Waals surface area contributed by atoms with Crippen molar-refractivity contribution in [3.8, 4) is 12.1 Å². The third kappa shape index (κ3) is 3.34. The second-order valence-electron chi connectivity index (χ2n) is 3.95. The molecule has 0 fully saturated rings. The quantitative estimate of drug-likeness (QED) is 0.932. The van der Waals surface area contributed by atoms with E-state index in [4.69, 9.17) is 5.26 Å².